The van der Waals surface area contributed by atoms with Crippen molar-refractivity contribution in [3.05, 3.63) is 13.1 Å². The standard InChI is InChI=1S/C9H12F6/c1-5(2)4-6(3)8(11,12)7(10)9(13,14)15/h5-6H,1,4H2,2-3H3. The monoisotopic (exact) mass is 234 g/mol. The Morgan fingerprint density at radius 3 is 1.80 bits per heavy atom. The number of hydrogen-bond donors (Lipinski definition) is 0. The summed E-state index contributed by atoms with van der Waals surface area (Å²) in [6.45, 7) is 5.71. The molecule has 0 aliphatic rings. The maximum atomic E-state index is 12.9. The highest BCUT2D eigenvalue weighted by Crippen LogP contribution is 2.46. The van der Waals surface area contributed by atoms with Crippen molar-refractivity contribution in [3.8, 4) is 0 Å². The van der Waals surface area contributed by atoms with Crippen LogP contribution in [0.25, 0.3) is 0 Å². The van der Waals surface area contributed by atoms with E-state index in [4.69, 9.17) is 0 Å². The van der Waals surface area contributed by atoms with E-state index in [-0.39, 0.29) is 6.42 Å². The number of alkyl halides is 5. The predicted octanol–water partition coefficient (Wildman–Crippen LogP) is 4.18. The quantitative estimate of drug-likeness (QED) is 0.640. The Kier molecular flexibility index (Phi) is 4.49. The molecular formula is C9H12F6. The highest BCUT2D eigenvalue weighted by atomic mass is 19.4. The lowest BCUT2D eigenvalue weighted by atomic mass is 9.90. The van der Waals surface area contributed by atoms with Crippen molar-refractivity contribution < 1.29 is 26.3 Å². The van der Waals surface area contributed by atoms with Crippen LogP contribution in [-0.2, 0) is 0 Å². The summed E-state index contributed by atoms with van der Waals surface area (Å²) in [6, 6.07) is 0. The van der Waals surface area contributed by atoms with Gasteiger partial charge in [0.15, 0.2) is 0 Å². The summed E-state index contributed by atoms with van der Waals surface area (Å²) >= 11 is 0. The summed E-state index contributed by atoms with van der Waals surface area (Å²) < 4.78 is 73.4. The van der Waals surface area contributed by atoms with E-state index in [0.29, 0.717) is 0 Å². The molecule has 90 valence electrons. The molecule has 0 bridgehead atoms. The highest BCUT2D eigenvalue weighted by Gasteiger charge is 2.60. The summed E-state index contributed by atoms with van der Waals surface area (Å²) in [7, 11) is 0. The maximum Gasteiger partial charge on any atom is 0.432 e. The van der Waals surface area contributed by atoms with Crippen molar-refractivity contribution in [3.63, 3.8) is 0 Å². The molecule has 6 heteroatoms. The van der Waals surface area contributed by atoms with Gasteiger partial charge < -0.3 is 0 Å². The van der Waals surface area contributed by atoms with Gasteiger partial charge in [-0.05, 0) is 12.3 Å². The second kappa shape index (κ2) is 4.61. The zero-order valence-corrected chi connectivity index (χ0v) is 8.34. The van der Waals surface area contributed by atoms with Gasteiger partial charge in [-0.15, -0.1) is 0 Å². The first kappa shape index (κ1) is 14.6. The summed E-state index contributed by atoms with van der Waals surface area (Å²) in [5.41, 5.74) is 0. The molecule has 2 radical (unpaired) electrons. The van der Waals surface area contributed by atoms with Gasteiger partial charge in [0.25, 0.3) is 5.92 Å². The summed E-state index contributed by atoms with van der Waals surface area (Å²) in [5, 5.41) is 0. The molecule has 0 saturated carbocycles. The Labute approximate surface area is 84.7 Å². The van der Waals surface area contributed by atoms with Crippen LogP contribution in [0.5, 0.6) is 0 Å². The van der Waals surface area contributed by atoms with Gasteiger partial charge in [-0.2, -0.15) is 13.2 Å². The number of rotatable bonds is 4. The third-order valence-electron chi connectivity index (χ3n) is 1.92. The molecule has 0 amide bonds. The predicted molar refractivity (Wildman–Crippen MR) is 43.7 cm³/mol. The van der Waals surface area contributed by atoms with Crippen molar-refractivity contribution in [2.45, 2.75) is 32.4 Å². The smallest absolute Gasteiger partial charge is 0.223 e. The molecule has 0 aliphatic heterocycles. The fourth-order valence-electron chi connectivity index (χ4n) is 1.16. The lowest BCUT2D eigenvalue weighted by molar-refractivity contribution is -0.204. The Morgan fingerprint density at radius 1 is 1.13 bits per heavy atom. The minimum absolute atomic E-state index is 0.281. The van der Waals surface area contributed by atoms with Gasteiger partial charge in [-0.25, -0.2) is 13.2 Å². The van der Waals surface area contributed by atoms with Crippen LogP contribution in [0.3, 0.4) is 0 Å². The second-order valence-corrected chi connectivity index (χ2v) is 3.68. The van der Waals surface area contributed by atoms with Gasteiger partial charge in [0.1, 0.15) is 0 Å². The van der Waals surface area contributed by atoms with Crippen LogP contribution in [-0.4, -0.2) is 12.1 Å². The topological polar surface area (TPSA) is 0 Å². The van der Waals surface area contributed by atoms with Gasteiger partial charge in [0, 0.05) is 5.92 Å². The van der Waals surface area contributed by atoms with Crippen molar-refractivity contribution in [1.29, 1.82) is 0 Å². The maximum absolute atomic E-state index is 12.9. The molecule has 0 saturated heterocycles. The van der Waals surface area contributed by atoms with E-state index in [0.717, 1.165) is 6.92 Å². The van der Waals surface area contributed by atoms with Crippen molar-refractivity contribution in [2.24, 2.45) is 11.8 Å². The van der Waals surface area contributed by atoms with Gasteiger partial charge in [0.05, 0.1) is 0 Å². The Balaban J connectivity index is 4.65. The van der Waals surface area contributed by atoms with Crippen LogP contribution in [0.2, 0.25) is 0 Å². The fourth-order valence-corrected chi connectivity index (χ4v) is 1.16. The van der Waals surface area contributed by atoms with E-state index in [9.17, 15) is 26.3 Å². The van der Waals surface area contributed by atoms with Crippen LogP contribution in [0.15, 0.2) is 0 Å². The first-order valence-corrected chi connectivity index (χ1v) is 4.30. The average molecular weight is 234 g/mol. The molecule has 0 aromatic rings. The Bertz CT molecular complexity index is 195. The third kappa shape index (κ3) is 3.91. The van der Waals surface area contributed by atoms with Gasteiger partial charge in [-0.3, -0.25) is 0 Å². The molecular weight excluding hydrogens is 222 g/mol. The zero-order valence-electron chi connectivity index (χ0n) is 8.34. The van der Waals surface area contributed by atoms with Crippen LogP contribution in [0.1, 0.15) is 20.3 Å². The van der Waals surface area contributed by atoms with Crippen LogP contribution >= 0.6 is 0 Å². The Morgan fingerprint density at radius 2 is 1.53 bits per heavy atom. The first-order valence-electron chi connectivity index (χ1n) is 4.30. The molecule has 2 atom stereocenters. The van der Waals surface area contributed by atoms with Crippen LogP contribution < -0.4 is 0 Å². The van der Waals surface area contributed by atoms with E-state index in [2.05, 4.69) is 6.92 Å². The molecule has 0 N–H and O–H groups in total. The summed E-state index contributed by atoms with van der Waals surface area (Å²) in [5.74, 6) is -6.68. The highest BCUT2D eigenvalue weighted by molar-refractivity contribution is 5.02. The average Bonchev–Trinajstić information content (AvgIpc) is 1.99. The lowest BCUT2D eigenvalue weighted by Crippen LogP contribution is -2.40. The molecule has 0 aliphatic carbocycles. The fraction of sp³-hybridized carbons (Fsp3) is 0.778. The first-order chi connectivity index (χ1) is 6.49. The van der Waals surface area contributed by atoms with Gasteiger partial charge >= 0.3 is 12.3 Å². The molecule has 15 heavy (non-hydrogen) atoms. The molecule has 0 heterocycles. The van der Waals surface area contributed by atoms with Crippen molar-refractivity contribution in [1.82, 2.24) is 0 Å². The van der Waals surface area contributed by atoms with Gasteiger partial charge in [-0.1, -0.05) is 20.8 Å². The summed E-state index contributed by atoms with van der Waals surface area (Å²) in [6.07, 6.45) is -9.12. The SMILES string of the molecule is [CH2]C(C)CC(C)C(F)(F)[C](F)C(F)(F)F. The zero-order chi connectivity index (χ0) is 12.4. The van der Waals surface area contributed by atoms with Crippen molar-refractivity contribution in [2.75, 3.05) is 0 Å². The summed E-state index contributed by atoms with van der Waals surface area (Å²) in [4.78, 5) is 0. The molecule has 0 aromatic heterocycles. The lowest BCUT2D eigenvalue weighted by Gasteiger charge is -2.27. The van der Waals surface area contributed by atoms with Gasteiger partial charge in [0.2, 0.25) is 0 Å². The molecule has 2 unspecified atom stereocenters. The minimum atomic E-state index is -5.61. The largest absolute Gasteiger partial charge is 0.432 e. The van der Waals surface area contributed by atoms with E-state index >= 15 is 0 Å². The molecule has 0 aromatic carbocycles. The number of halogens is 6. The van der Waals surface area contributed by atoms with E-state index in [1.807, 2.05) is 0 Å². The second-order valence-electron chi connectivity index (χ2n) is 3.68. The van der Waals surface area contributed by atoms with E-state index < -0.39 is 30.1 Å². The van der Waals surface area contributed by atoms with Crippen molar-refractivity contribution >= 4 is 0 Å². The van der Waals surface area contributed by atoms with E-state index in [1.54, 1.807) is 0 Å². The van der Waals surface area contributed by atoms with E-state index in [1.165, 1.54) is 6.92 Å². The van der Waals surface area contributed by atoms with Crippen LogP contribution in [0.4, 0.5) is 26.3 Å². The number of hydrogen-bond acceptors (Lipinski definition) is 0. The van der Waals surface area contributed by atoms with Crippen LogP contribution in [0, 0.1) is 24.9 Å². The Hall–Kier alpha value is -0.420. The molecule has 0 rings (SSSR count). The molecule has 0 spiro atoms. The molecule has 0 nitrogen and oxygen atoms in total. The minimum Gasteiger partial charge on any atom is -0.223 e. The normalized spacial score (nSPS) is 16.2. The third-order valence-corrected chi connectivity index (χ3v) is 1.92. The molecule has 0 fully saturated rings.